The maximum absolute atomic E-state index is 12.0. The van der Waals surface area contributed by atoms with E-state index in [2.05, 4.69) is 14.7 Å². The van der Waals surface area contributed by atoms with Crippen LogP contribution in [0.3, 0.4) is 0 Å². The van der Waals surface area contributed by atoms with Crippen molar-refractivity contribution in [3.05, 3.63) is 42.2 Å². The van der Waals surface area contributed by atoms with E-state index in [0.29, 0.717) is 5.75 Å². The Hall–Kier alpha value is -2.19. The summed E-state index contributed by atoms with van der Waals surface area (Å²) in [5.41, 5.74) is 6.10. The number of rotatable bonds is 5. The van der Waals surface area contributed by atoms with Crippen LogP contribution in [0.2, 0.25) is 0 Å². The molecule has 0 fully saturated rings. The zero-order valence-corrected chi connectivity index (χ0v) is 11.6. The molecular weight excluding hydrogens is 280 g/mol. The molecule has 2 aromatic rings. The molecule has 3 N–H and O–H groups in total. The van der Waals surface area contributed by atoms with Crippen LogP contribution in [-0.2, 0) is 16.6 Å². The molecule has 1 heterocycles. The van der Waals surface area contributed by atoms with Gasteiger partial charge in [0, 0.05) is 6.54 Å². The molecule has 7 nitrogen and oxygen atoms in total. The Morgan fingerprint density at radius 3 is 2.65 bits per heavy atom. The third-order valence-corrected chi connectivity index (χ3v) is 3.91. The summed E-state index contributed by atoms with van der Waals surface area (Å²) in [5.74, 6) is 0.689. The number of nitrogen functional groups attached to an aromatic ring is 1. The predicted molar refractivity (Wildman–Crippen MR) is 73.5 cm³/mol. The Labute approximate surface area is 116 Å². The van der Waals surface area contributed by atoms with Gasteiger partial charge in [-0.25, -0.2) is 23.1 Å². The minimum atomic E-state index is -3.67. The topological polar surface area (TPSA) is 107 Å². The van der Waals surface area contributed by atoms with Gasteiger partial charge in [-0.3, -0.25) is 0 Å². The quantitative estimate of drug-likeness (QED) is 0.833. The first-order chi connectivity index (χ1) is 9.51. The smallest absolute Gasteiger partial charge is 0.243 e. The molecular formula is C12H14N4O3S. The van der Waals surface area contributed by atoms with Crippen molar-refractivity contribution in [2.24, 2.45) is 0 Å². The summed E-state index contributed by atoms with van der Waals surface area (Å²) in [7, 11) is -2.12. The molecule has 0 radical (unpaired) electrons. The number of nitrogens with zero attached hydrogens (tertiary/aromatic N) is 2. The normalized spacial score (nSPS) is 11.2. The summed E-state index contributed by atoms with van der Waals surface area (Å²) < 4.78 is 31.5. The van der Waals surface area contributed by atoms with Crippen LogP contribution in [0.15, 0.2) is 41.6 Å². The van der Waals surface area contributed by atoms with Gasteiger partial charge in [0.15, 0.2) is 0 Å². The van der Waals surface area contributed by atoms with E-state index in [9.17, 15) is 8.42 Å². The predicted octanol–water partition coefficient (Wildman–Crippen LogP) is 0.546. The lowest BCUT2D eigenvalue weighted by atomic mass is 10.2. The van der Waals surface area contributed by atoms with Crippen molar-refractivity contribution >= 4 is 16.0 Å². The Morgan fingerprint density at radius 1 is 1.30 bits per heavy atom. The fourth-order valence-electron chi connectivity index (χ4n) is 1.51. The van der Waals surface area contributed by atoms with Crippen molar-refractivity contribution in [3.8, 4) is 5.75 Å². The highest BCUT2D eigenvalue weighted by Crippen LogP contribution is 2.13. The molecule has 0 unspecified atom stereocenters. The molecule has 8 heteroatoms. The van der Waals surface area contributed by atoms with Crippen molar-refractivity contribution in [3.63, 3.8) is 0 Å². The minimum Gasteiger partial charge on any atom is -0.497 e. The van der Waals surface area contributed by atoms with E-state index >= 15 is 0 Å². The van der Waals surface area contributed by atoms with E-state index in [1.54, 1.807) is 31.4 Å². The average molecular weight is 294 g/mol. The van der Waals surface area contributed by atoms with Gasteiger partial charge in [0.1, 0.15) is 10.6 Å². The average Bonchev–Trinajstić information content (AvgIpc) is 2.46. The number of sulfonamides is 1. The molecule has 0 saturated carbocycles. The molecule has 0 aliphatic carbocycles. The first-order valence-corrected chi connectivity index (χ1v) is 7.20. The van der Waals surface area contributed by atoms with E-state index in [-0.39, 0.29) is 17.4 Å². The van der Waals surface area contributed by atoms with Crippen LogP contribution in [0.25, 0.3) is 0 Å². The summed E-state index contributed by atoms with van der Waals surface area (Å²) in [4.78, 5) is 7.28. The zero-order valence-electron chi connectivity index (χ0n) is 10.8. The van der Waals surface area contributed by atoms with E-state index in [1.165, 1.54) is 0 Å². The second-order valence-corrected chi connectivity index (χ2v) is 5.72. The standard InChI is InChI=1S/C12H14N4O3S/c1-19-10-4-2-3-9(5-10)6-16-20(17,18)11-7-14-12(13)15-8-11/h2-5,7-8,16H,6H2,1H3,(H2,13,14,15). The lowest BCUT2D eigenvalue weighted by molar-refractivity contribution is 0.414. The number of benzene rings is 1. The van der Waals surface area contributed by atoms with Gasteiger partial charge < -0.3 is 10.5 Å². The van der Waals surface area contributed by atoms with Crippen molar-refractivity contribution in [2.75, 3.05) is 12.8 Å². The second kappa shape index (κ2) is 5.85. The van der Waals surface area contributed by atoms with E-state index in [4.69, 9.17) is 10.5 Å². The zero-order chi connectivity index (χ0) is 14.6. The molecule has 1 aromatic heterocycles. The monoisotopic (exact) mass is 294 g/mol. The Balaban J connectivity index is 2.10. The Kier molecular flexibility index (Phi) is 4.16. The minimum absolute atomic E-state index is 0.0248. The van der Waals surface area contributed by atoms with E-state index in [0.717, 1.165) is 18.0 Å². The molecule has 0 amide bonds. The van der Waals surface area contributed by atoms with Crippen molar-refractivity contribution < 1.29 is 13.2 Å². The molecule has 2 rings (SSSR count). The molecule has 0 spiro atoms. The number of ether oxygens (including phenoxy) is 1. The van der Waals surface area contributed by atoms with Gasteiger partial charge in [0.25, 0.3) is 0 Å². The maximum Gasteiger partial charge on any atom is 0.243 e. The third-order valence-electron chi connectivity index (χ3n) is 2.56. The maximum atomic E-state index is 12.0. The van der Waals surface area contributed by atoms with Crippen LogP contribution in [0, 0.1) is 0 Å². The summed E-state index contributed by atoms with van der Waals surface area (Å²) in [6.45, 7) is 0.143. The van der Waals surface area contributed by atoms with Crippen molar-refractivity contribution in [1.82, 2.24) is 14.7 Å². The number of anilines is 1. The van der Waals surface area contributed by atoms with Gasteiger partial charge in [-0.05, 0) is 17.7 Å². The van der Waals surface area contributed by atoms with Gasteiger partial charge in [-0.15, -0.1) is 0 Å². The SMILES string of the molecule is COc1cccc(CNS(=O)(=O)c2cnc(N)nc2)c1. The number of aromatic nitrogens is 2. The van der Waals surface area contributed by atoms with Crippen LogP contribution in [0.5, 0.6) is 5.75 Å². The summed E-state index contributed by atoms with van der Waals surface area (Å²) >= 11 is 0. The van der Waals surface area contributed by atoms with Crippen LogP contribution < -0.4 is 15.2 Å². The fourth-order valence-corrected chi connectivity index (χ4v) is 2.42. The highest BCUT2D eigenvalue weighted by atomic mass is 32.2. The lowest BCUT2D eigenvalue weighted by Crippen LogP contribution is -2.23. The van der Waals surface area contributed by atoms with Crippen molar-refractivity contribution in [1.29, 1.82) is 0 Å². The van der Waals surface area contributed by atoms with Crippen LogP contribution in [0.4, 0.5) is 5.95 Å². The molecule has 106 valence electrons. The van der Waals surface area contributed by atoms with E-state index in [1.807, 2.05) is 0 Å². The molecule has 0 saturated heterocycles. The largest absolute Gasteiger partial charge is 0.497 e. The molecule has 0 atom stereocenters. The van der Waals surface area contributed by atoms with Gasteiger partial charge in [0.2, 0.25) is 16.0 Å². The molecule has 0 bridgehead atoms. The molecule has 20 heavy (non-hydrogen) atoms. The highest BCUT2D eigenvalue weighted by molar-refractivity contribution is 7.89. The van der Waals surface area contributed by atoms with Gasteiger partial charge in [-0.1, -0.05) is 12.1 Å². The first kappa shape index (κ1) is 14.2. The summed E-state index contributed by atoms with van der Waals surface area (Å²) in [6.07, 6.45) is 2.33. The van der Waals surface area contributed by atoms with Gasteiger partial charge in [-0.2, -0.15) is 0 Å². The second-order valence-electron chi connectivity index (χ2n) is 3.95. The van der Waals surface area contributed by atoms with E-state index < -0.39 is 10.0 Å². The molecule has 1 aromatic carbocycles. The summed E-state index contributed by atoms with van der Waals surface area (Å²) in [5, 5.41) is 0. The summed E-state index contributed by atoms with van der Waals surface area (Å²) in [6, 6.07) is 7.12. The highest BCUT2D eigenvalue weighted by Gasteiger charge is 2.14. The third kappa shape index (κ3) is 3.43. The Morgan fingerprint density at radius 2 is 2.00 bits per heavy atom. The number of nitrogens with two attached hydrogens (primary N) is 1. The van der Waals surface area contributed by atoms with Crippen LogP contribution in [-0.4, -0.2) is 25.5 Å². The fraction of sp³-hybridized carbons (Fsp3) is 0.167. The van der Waals surface area contributed by atoms with Gasteiger partial charge in [0.05, 0.1) is 19.5 Å². The number of methoxy groups -OCH3 is 1. The number of hydrogen-bond donors (Lipinski definition) is 2. The Bertz CT molecular complexity index is 686. The lowest BCUT2D eigenvalue weighted by Gasteiger charge is -2.07. The first-order valence-electron chi connectivity index (χ1n) is 5.71. The number of hydrogen-bond acceptors (Lipinski definition) is 6. The van der Waals surface area contributed by atoms with Gasteiger partial charge >= 0.3 is 0 Å². The molecule has 0 aliphatic rings. The van der Waals surface area contributed by atoms with Crippen LogP contribution >= 0.6 is 0 Å². The molecule has 0 aliphatic heterocycles. The van der Waals surface area contributed by atoms with Crippen LogP contribution in [0.1, 0.15) is 5.56 Å². The van der Waals surface area contributed by atoms with Crippen molar-refractivity contribution in [2.45, 2.75) is 11.4 Å². The number of nitrogens with one attached hydrogen (secondary N) is 1.